The standard InChI is InChI=1S/C12H18BrN3O/c1-8-7-17-10(5-14)6-16(8)12-4-3-11(13)9(2)15-12/h3-4,8,10H,5-7,14H2,1-2H3. The van der Waals surface area contributed by atoms with E-state index in [9.17, 15) is 0 Å². The van der Waals surface area contributed by atoms with E-state index < -0.39 is 0 Å². The molecule has 0 saturated carbocycles. The highest BCUT2D eigenvalue weighted by molar-refractivity contribution is 9.10. The molecule has 1 saturated heterocycles. The molecule has 5 heteroatoms. The first-order valence-corrected chi connectivity index (χ1v) is 6.62. The van der Waals surface area contributed by atoms with E-state index >= 15 is 0 Å². The number of anilines is 1. The maximum atomic E-state index is 5.66. The van der Waals surface area contributed by atoms with Crippen molar-refractivity contribution in [2.24, 2.45) is 5.73 Å². The molecule has 94 valence electrons. The van der Waals surface area contributed by atoms with E-state index in [2.05, 4.69) is 32.7 Å². The number of rotatable bonds is 2. The van der Waals surface area contributed by atoms with Crippen LogP contribution in [0.3, 0.4) is 0 Å². The monoisotopic (exact) mass is 299 g/mol. The van der Waals surface area contributed by atoms with Gasteiger partial charge in [0.1, 0.15) is 5.82 Å². The molecule has 1 fully saturated rings. The number of hydrogen-bond acceptors (Lipinski definition) is 4. The second-order valence-corrected chi connectivity index (χ2v) is 5.28. The third-order valence-corrected chi connectivity index (χ3v) is 3.91. The van der Waals surface area contributed by atoms with Crippen LogP contribution in [0.15, 0.2) is 16.6 Å². The third-order valence-electron chi connectivity index (χ3n) is 3.07. The Morgan fingerprint density at radius 1 is 1.59 bits per heavy atom. The molecule has 2 heterocycles. The molecule has 0 amide bonds. The molecule has 0 bridgehead atoms. The molecule has 0 aromatic carbocycles. The van der Waals surface area contributed by atoms with E-state index in [1.54, 1.807) is 0 Å². The Labute approximate surface area is 110 Å². The number of morpholine rings is 1. The quantitative estimate of drug-likeness (QED) is 0.903. The summed E-state index contributed by atoms with van der Waals surface area (Å²) in [6.45, 7) is 6.22. The molecule has 2 atom stereocenters. The molecule has 1 aliphatic heterocycles. The maximum absolute atomic E-state index is 5.66. The molecule has 2 N–H and O–H groups in total. The zero-order valence-electron chi connectivity index (χ0n) is 10.2. The zero-order chi connectivity index (χ0) is 12.4. The van der Waals surface area contributed by atoms with Crippen molar-refractivity contribution in [3.8, 4) is 0 Å². The van der Waals surface area contributed by atoms with Gasteiger partial charge in [0, 0.05) is 17.6 Å². The third kappa shape index (κ3) is 2.78. The molecule has 0 aliphatic carbocycles. The van der Waals surface area contributed by atoms with Crippen molar-refractivity contribution in [3.05, 3.63) is 22.3 Å². The summed E-state index contributed by atoms with van der Waals surface area (Å²) >= 11 is 3.47. The lowest BCUT2D eigenvalue weighted by Crippen LogP contribution is -2.51. The number of nitrogens with two attached hydrogens (primary N) is 1. The fourth-order valence-electron chi connectivity index (χ4n) is 1.97. The molecular formula is C12H18BrN3O. The van der Waals surface area contributed by atoms with Crippen molar-refractivity contribution in [3.63, 3.8) is 0 Å². The summed E-state index contributed by atoms with van der Waals surface area (Å²) in [4.78, 5) is 6.86. The predicted octanol–water partition coefficient (Wildman–Crippen LogP) is 1.70. The Bertz CT molecular complexity index is 399. The van der Waals surface area contributed by atoms with E-state index in [1.807, 2.05) is 19.1 Å². The van der Waals surface area contributed by atoms with Crippen LogP contribution in [-0.2, 0) is 4.74 Å². The first kappa shape index (κ1) is 12.8. The van der Waals surface area contributed by atoms with Gasteiger partial charge in [-0.3, -0.25) is 0 Å². The van der Waals surface area contributed by atoms with Gasteiger partial charge in [-0.05, 0) is 41.9 Å². The number of hydrogen-bond donors (Lipinski definition) is 1. The van der Waals surface area contributed by atoms with Crippen LogP contribution in [0.4, 0.5) is 5.82 Å². The van der Waals surface area contributed by atoms with Crippen LogP contribution in [0, 0.1) is 6.92 Å². The molecule has 2 unspecified atom stereocenters. The Morgan fingerprint density at radius 2 is 2.35 bits per heavy atom. The Balaban J connectivity index is 2.21. The highest BCUT2D eigenvalue weighted by Crippen LogP contribution is 2.23. The van der Waals surface area contributed by atoms with Gasteiger partial charge in [-0.25, -0.2) is 4.98 Å². The lowest BCUT2D eigenvalue weighted by atomic mass is 10.2. The number of ether oxygens (including phenoxy) is 1. The molecule has 1 aliphatic rings. The van der Waals surface area contributed by atoms with Gasteiger partial charge < -0.3 is 15.4 Å². The first-order chi connectivity index (χ1) is 8.11. The Hall–Kier alpha value is -0.650. The van der Waals surface area contributed by atoms with Crippen LogP contribution in [-0.4, -0.2) is 36.8 Å². The molecule has 0 radical (unpaired) electrons. The first-order valence-electron chi connectivity index (χ1n) is 5.83. The summed E-state index contributed by atoms with van der Waals surface area (Å²) in [6.07, 6.45) is 0.108. The number of halogens is 1. The molecule has 2 rings (SSSR count). The number of aromatic nitrogens is 1. The Kier molecular flexibility index (Phi) is 4.01. The van der Waals surface area contributed by atoms with Gasteiger partial charge in [-0.15, -0.1) is 0 Å². The molecule has 4 nitrogen and oxygen atoms in total. The highest BCUT2D eigenvalue weighted by atomic mass is 79.9. The molecular weight excluding hydrogens is 282 g/mol. The lowest BCUT2D eigenvalue weighted by molar-refractivity contribution is 0.0280. The Morgan fingerprint density at radius 3 is 3.00 bits per heavy atom. The maximum Gasteiger partial charge on any atom is 0.129 e. The van der Waals surface area contributed by atoms with E-state index in [4.69, 9.17) is 10.5 Å². The minimum absolute atomic E-state index is 0.108. The molecule has 1 aromatic heterocycles. The second kappa shape index (κ2) is 5.33. The lowest BCUT2D eigenvalue weighted by Gasteiger charge is -2.38. The van der Waals surface area contributed by atoms with Crippen molar-refractivity contribution >= 4 is 21.7 Å². The van der Waals surface area contributed by atoms with Crippen LogP contribution in [0.2, 0.25) is 0 Å². The number of aryl methyl sites for hydroxylation is 1. The minimum atomic E-state index is 0.108. The average Bonchev–Trinajstić information content (AvgIpc) is 2.33. The van der Waals surface area contributed by atoms with Crippen molar-refractivity contribution < 1.29 is 4.74 Å². The van der Waals surface area contributed by atoms with Crippen LogP contribution in [0.25, 0.3) is 0 Å². The van der Waals surface area contributed by atoms with Crippen LogP contribution < -0.4 is 10.6 Å². The summed E-state index contributed by atoms with van der Waals surface area (Å²) in [5, 5.41) is 0. The average molecular weight is 300 g/mol. The zero-order valence-corrected chi connectivity index (χ0v) is 11.8. The smallest absolute Gasteiger partial charge is 0.129 e. The summed E-state index contributed by atoms with van der Waals surface area (Å²) in [7, 11) is 0. The largest absolute Gasteiger partial charge is 0.373 e. The normalized spacial score (nSPS) is 25.1. The minimum Gasteiger partial charge on any atom is -0.373 e. The summed E-state index contributed by atoms with van der Waals surface area (Å²) in [5.41, 5.74) is 6.67. The summed E-state index contributed by atoms with van der Waals surface area (Å²) in [6, 6.07) is 4.41. The number of pyridine rings is 1. The van der Waals surface area contributed by atoms with Gasteiger partial charge in [0.25, 0.3) is 0 Å². The van der Waals surface area contributed by atoms with E-state index in [1.165, 1.54) is 0 Å². The summed E-state index contributed by atoms with van der Waals surface area (Å²) in [5.74, 6) is 1.000. The topological polar surface area (TPSA) is 51.4 Å². The van der Waals surface area contributed by atoms with Crippen molar-refractivity contribution in [2.75, 3.05) is 24.6 Å². The van der Waals surface area contributed by atoms with Crippen molar-refractivity contribution in [1.29, 1.82) is 0 Å². The second-order valence-electron chi connectivity index (χ2n) is 4.43. The van der Waals surface area contributed by atoms with Gasteiger partial charge in [0.15, 0.2) is 0 Å². The summed E-state index contributed by atoms with van der Waals surface area (Å²) < 4.78 is 6.68. The van der Waals surface area contributed by atoms with Crippen LogP contribution in [0.5, 0.6) is 0 Å². The fourth-order valence-corrected chi connectivity index (χ4v) is 2.19. The van der Waals surface area contributed by atoms with E-state index in [0.717, 1.165) is 22.5 Å². The van der Waals surface area contributed by atoms with Crippen LogP contribution >= 0.6 is 15.9 Å². The van der Waals surface area contributed by atoms with Crippen molar-refractivity contribution in [2.45, 2.75) is 26.0 Å². The van der Waals surface area contributed by atoms with Gasteiger partial charge in [-0.2, -0.15) is 0 Å². The fraction of sp³-hybridized carbons (Fsp3) is 0.583. The van der Waals surface area contributed by atoms with Gasteiger partial charge in [0.2, 0.25) is 0 Å². The number of nitrogens with zero attached hydrogens (tertiary/aromatic N) is 2. The predicted molar refractivity (Wildman–Crippen MR) is 72.3 cm³/mol. The van der Waals surface area contributed by atoms with Gasteiger partial charge >= 0.3 is 0 Å². The van der Waals surface area contributed by atoms with Crippen molar-refractivity contribution in [1.82, 2.24) is 4.98 Å². The van der Waals surface area contributed by atoms with E-state index in [0.29, 0.717) is 19.2 Å². The van der Waals surface area contributed by atoms with E-state index in [-0.39, 0.29) is 6.10 Å². The highest BCUT2D eigenvalue weighted by Gasteiger charge is 2.26. The van der Waals surface area contributed by atoms with Crippen LogP contribution in [0.1, 0.15) is 12.6 Å². The van der Waals surface area contributed by atoms with Gasteiger partial charge in [-0.1, -0.05) is 0 Å². The molecule has 0 spiro atoms. The molecule has 17 heavy (non-hydrogen) atoms. The van der Waals surface area contributed by atoms with Gasteiger partial charge in [0.05, 0.1) is 24.4 Å². The SMILES string of the molecule is Cc1nc(N2CC(CN)OCC2C)ccc1Br. The molecule has 1 aromatic rings.